The maximum Gasteiger partial charge on any atom is 0.325 e. The molecule has 0 aliphatic heterocycles. The van der Waals surface area contributed by atoms with Crippen LogP contribution in [0.4, 0.5) is 0 Å². The number of aryl methyl sites for hydroxylation is 1. The summed E-state index contributed by atoms with van der Waals surface area (Å²) < 4.78 is 6.35. The third kappa shape index (κ3) is 5.44. The quantitative estimate of drug-likeness (QED) is 0.538. The molecule has 0 aliphatic rings. The summed E-state index contributed by atoms with van der Waals surface area (Å²) in [6, 6.07) is 9.73. The monoisotopic (exact) mass is 389 g/mol. The Morgan fingerprint density at radius 3 is 2.56 bits per heavy atom. The molecular weight excluding hydrogens is 366 g/mol. The van der Waals surface area contributed by atoms with Crippen LogP contribution in [0, 0.1) is 6.92 Å². The van der Waals surface area contributed by atoms with Crippen LogP contribution in [0.2, 0.25) is 5.15 Å². The minimum atomic E-state index is -0.463. The normalized spacial score (nSPS) is 11.2. The van der Waals surface area contributed by atoms with E-state index < -0.39 is 5.97 Å². The van der Waals surface area contributed by atoms with Gasteiger partial charge in [0.05, 0.1) is 19.3 Å². The number of hydrogen-bond acceptors (Lipinski definition) is 4. The van der Waals surface area contributed by atoms with Gasteiger partial charge >= 0.3 is 5.97 Å². The van der Waals surface area contributed by atoms with Gasteiger partial charge in [0.25, 0.3) is 0 Å². The lowest BCUT2D eigenvalue weighted by Crippen LogP contribution is -2.40. The Morgan fingerprint density at radius 2 is 1.96 bits per heavy atom. The van der Waals surface area contributed by atoms with Gasteiger partial charge in [-0.1, -0.05) is 41.9 Å². The summed E-state index contributed by atoms with van der Waals surface area (Å²) in [6.07, 6.45) is 3.05. The smallest absolute Gasteiger partial charge is 0.325 e. The van der Waals surface area contributed by atoms with Crippen LogP contribution in [0.25, 0.3) is 6.08 Å². The van der Waals surface area contributed by atoms with Gasteiger partial charge in [-0.2, -0.15) is 5.10 Å². The average molecular weight is 390 g/mol. The van der Waals surface area contributed by atoms with E-state index >= 15 is 0 Å². The Hall–Kier alpha value is -2.60. The standard InChI is InChI=1S/C20H24ClN3O3/c1-14(2)23(13-19(26)27-4)18(25)11-10-17-15(3)22-24(20(17)21)12-16-8-6-5-7-9-16/h5-11,14H,12-13H2,1-4H3. The van der Waals surface area contributed by atoms with Crippen LogP contribution in [0.1, 0.15) is 30.7 Å². The minimum absolute atomic E-state index is 0.0999. The number of esters is 1. The molecule has 0 saturated carbocycles. The first kappa shape index (κ1) is 20.7. The van der Waals surface area contributed by atoms with E-state index in [1.54, 1.807) is 10.8 Å². The molecule has 7 heteroatoms. The van der Waals surface area contributed by atoms with E-state index in [1.807, 2.05) is 51.1 Å². The van der Waals surface area contributed by atoms with Crippen LogP contribution in [0.5, 0.6) is 0 Å². The molecule has 144 valence electrons. The summed E-state index contributed by atoms with van der Waals surface area (Å²) in [5.41, 5.74) is 2.49. The highest BCUT2D eigenvalue weighted by molar-refractivity contribution is 6.31. The van der Waals surface area contributed by atoms with Crippen molar-refractivity contribution in [1.29, 1.82) is 0 Å². The number of rotatable bonds is 7. The van der Waals surface area contributed by atoms with Gasteiger partial charge in [0.2, 0.25) is 5.91 Å². The zero-order valence-electron chi connectivity index (χ0n) is 16.0. The molecule has 0 atom stereocenters. The van der Waals surface area contributed by atoms with Gasteiger partial charge in [-0.25, -0.2) is 4.68 Å². The van der Waals surface area contributed by atoms with Crippen molar-refractivity contribution in [3.05, 3.63) is 58.4 Å². The van der Waals surface area contributed by atoms with Gasteiger partial charge in [-0.15, -0.1) is 0 Å². The summed E-state index contributed by atoms with van der Waals surface area (Å²) in [4.78, 5) is 25.4. The second kappa shape index (κ2) is 9.37. The minimum Gasteiger partial charge on any atom is -0.468 e. The zero-order valence-corrected chi connectivity index (χ0v) is 16.7. The van der Waals surface area contributed by atoms with Crippen molar-refractivity contribution in [2.75, 3.05) is 13.7 Å². The fraction of sp³-hybridized carbons (Fsp3) is 0.350. The summed E-state index contributed by atoms with van der Waals surface area (Å²) in [5.74, 6) is -0.753. The van der Waals surface area contributed by atoms with Crippen LogP contribution < -0.4 is 0 Å². The van der Waals surface area contributed by atoms with Crippen molar-refractivity contribution in [2.45, 2.75) is 33.4 Å². The lowest BCUT2D eigenvalue weighted by Gasteiger charge is -2.23. The molecule has 27 heavy (non-hydrogen) atoms. The van der Waals surface area contributed by atoms with Crippen molar-refractivity contribution in [3.63, 3.8) is 0 Å². The van der Waals surface area contributed by atoms with Crippen LogP contribution >= 0.6 is 11.6 Å². The predicted molar refractivity (Wildman–Crippen MR) is 105 cm³/mol. The fourth-order valence-electron chi connectivity index (χ4n) is 2.59. The second-order valence-electron chi connectivity index (χ2n) is 6.40. The van der Waals surface area contributed by atoms with Crippen LogP contribution in [0.15, 0.2) is 36.4 Å². The topological polar surface area (TPSA) is 64.4 Å². The highest BCUT2D eigenvalue weighted by Gasteiger charge is 2.19. The molecule has 6 nitrogen and oxygen atoms in total. The number of carbonyl (C=O) groups excluding carboxylic acids is 2. The van der Waals surface area contributed by atoms with Crippen molar-refractivity contribution in [2.24, 2.45) is 0 Å². The molecule has 1 aromatic heterocycles. The second-order valence-corrected chi connectivity index (χ2v) is 6.76. The van der Waals surface area contributed by atoms with Gasteiger partial charge in [0, 0.05) is 17.7 Å². The SMILES string of the molecule is COC(=O)CN(C(=O)C=Cc1c(C)nn(Cc2ccccc2)c1Cl)C(C)C. The van der Waals surface area contributed by atoms with Crippen LogP contribution in [0.3, 0.4) is 0 Å². The highest BCUT2D eigenvalue weighted by atomic mass is 35.5. The van der Waals surface area contributed by atoms with E-state index in [0.29, 0.717) is 17.3 Å². The van der Waals surface area contributed by atoms with E-state index in [2.05, 4.69) is 9.84 Å². The number of halogens is 1. The molecule has 1 amide bonds. The van der Waals surface area contributed by atoms with E-state index in [-0.39, 0.29) is 18.5 Å². The maximum atomic E-state index is 12.5. The molecule has 0 fully saturated rings. The third-order valence-electron chi connectivity index (χ3n) is 4.11. The third-order valence-corrected chi connectivity index (χ3v) is 4.51. The Morgan fingerprint density at radius 1 is 1.30 bits per heavy atom. The van der Waals surface area contributed by atoms with E-state index in [1.165, 1.54) is 18.1 Å². The molecule has 2 aromatic rings. The van der Waals surface area contributed by atoms with E-state index in [4.69, 9.17) is 11.6 Å². The van der Waals surface area contributed by atoms with Crippen molar-refractivity contribution >= 4 is 29.6 Å². The molecule has 1 heterocycles. The van der Waals surface area contributed by atoms with Crippen LogP contribution in [-0.4, -0.2) is 46.3 Å². The largest absolute Gasteiger partial charge is 0.468 e. The van der Waals surface area contributed by atoms with Crippen molar-refractivity contribution in [3.8, 4) is 0 Å². The molecule has 0 radical (unpaired) electrons. The fourth-order valence-corrected chi connectivity index (χ4v) is 2.88. The van der Waals surface area contributed by atoms with Gasteiger partial charge in [-0.05, 0) is 32.4 Å². The summed E-state index contributed by atoms with van der Waals surface area (Å²) in [6.45, 7) is 5.96. The van der Waals surface area contributed by atoms with Gasteiger partial charge in [0.1, 0.15) is 11.7 Å². The van der Waals surface area contributed by atoms with Crippen molar-refractivity contribution < 1.29 is 14.3 Å². The number of benzene rings is 1. The lowest BCUT2D eigenvalue weighted by atomic mass is 10.2. The number of aromatic nitrogens is 2. The molecular formula is C20H24ClN3O3. The summed E-state index contributed by atoms with van der Waals surface area (Å²) >= 11 is 6.46. The van der Waals surface area contributed by atoms with E-state index in [0.717, 1.165) is 11.3 Å². The summed E-state index contributed by atoms with van der Waals surface area (Å²) in [7, 11) is 1.30. The first-order chi connectivity index (χ1) is 12.8. The molecule has 0 bridgehead atoms. The number of carbonyl (C=O) groups is 2. The maximum absolute atomic E-state index is 12.5. The highest BCUT2D eigenvalue weighted by Crippen LogP contribution is 2.22. The Kier molecular flexibility index (Phi) is 7.19. The molecule has 0 N–H and O–H groups in total. The van der Waals surface area contributed by atoms with Gasteiger partial charge in [0.15, 0.2) is 0 Å². The zero-order chi connectivity index (χ0) is 20.0. The van der Waals surface area contributed by atoms with Crippen molar-refractivity contribution in [1.82, 2.24) is 14.7 Å². The van der Waals surface area contributed by atoms with Crippen LogP contribution in [-0.2, 0) is 20.9 Å². The molecule has 0 aliphatic carbocycles. The average Bonchev–Trinajstić information content (AvgIpc) is 2.91. The molecule has 0 unspecified atom stereocenters. The number of hydrogen-bond donors (Lipinski definition) is 0. The number of nitrogens with zero attached hydrogens (tertiary/aromatic N) is 3. The number of methoxy groups -OCH3 is 1. The molecule has 0 saturated heterocycles. The predicted octanol–water partition coefficient (Wildman–Crippen LogP) is 3.32. The van der Waals surface area contributed by atoms with Gasteiger partial charge in [-0.3, -0.25) is 9.59 Å². The molecule has 2 rings (SSSR count). The summed E-state index contributed by atoms with van der Waals surface area (Å²) in [5, 5.41) is 4.92. The number of ether oxygens (including phenoxy) is 1. The number of amides is 1. The molecule has 0 spiro atoms. The van der Waals surface area contributed by atoms with E-state index in [9.17, 15) is 9.59 Å². The Balaban J connectivity index is 2.18. The first-order valence-electron chi connectivity index (χ1n) is 8.65. The van der Waals surface area contributed by atoms with Gasteiger partial charge < -0.3 is 9.64 Å². The first-order valence-corrected chi connectivity index (χ1v) is 9.03. The molecule has 1 aromatic carbocycles. The lowest BCUT2D eigenvalue weighted by molar-refractivity contribution is -0.146. The Bertz CT molecular complexity index is 828. The Labute approximate surface area is 164 Å².